The van der Waals surface area contributed by atoms with Gasteiger partial charge in [0, 0.05) is 25.5 Å². The van der Waals surface area contributed by atoms with Crippen molar-refractivity contribution in [2.45, 2.75) is 0 Å². The van der Waals surface area contributed by atoms with Gasteiger partial charge in [0.25, 0.3) is 5.91 Å². The van der Waals surface area contributed by atoms with Crippen molar-refractivity contribution in [2.24, 2.45) is 7.05 Å². The maximum absolute atomic E-state index is 11.9. The van der Waals surface area contributed by atoms with Crippen LogP contribution in [0.4, 0.5) is 5.95 Å². The van der Waals surface area contributed by atoms with E-state index in [-0.39, 0.29) is 5.91 Å². The fraction of sp³-hybridized carbons (Fsp3) is 0.0526. The Morgan fingerprint density at radius 1 is 1.04 bits per heavy atom. The maximum Gasteiger partial charge on any atom is 0.250 e. The van der Waals surface area contributed by atoms with Gasteiger partial charge in [0.1, 0.15) is 0 Å². The molecule has 1 aromatic heterocycles. The SMILES string of the molecule is Cn1ccnc1NC(=O)/C=C/c1ccc(-c2ccccc2)cc1. The first-order valence-electron chi connectivity index (χ1n) is 7.34. The second kappa shape index (κ2) is 6.75. The largest absolute Gasteiger partial charge is 0.320 e. The van der Waals surface area contributed by atoms with Crippen molar-refractivity contribution in [3.8, 4) is 11.1 Å². The predicted molar refractivity (Wildman–Crippen MR) is 92.7 cm³/mol. The molecule has 1 heterocycles. The van der Waals surface area contributed by atoms with Crippen LogP contribution in [0.2, 0.25) is 0 Å². The number of rotatable bonds is 4. The van der Waals surface area contributed by atoms with Gasteiger partial charge in [-0.25, -0.2) is 4.98 Å². The number of nitrogens with zero attached hydrogens (tertiary/aromatic N) is 2. The number of nitrogens with one attached hydrogen (secondary N) is 1. The monoisotopic (exact) mass is 303 g/mol. The molecule has 3 rings (SSSR count). The van der Waals surface area contributed by atoms with Crippen molar-refractivity contribution in [2.75, 3.05) is 5.32 Å². The second-order valence-electron chi connectivity index (χ2n) is 5.17. The Balaban J connectivity index is 1.66. The van der Waals surface area contributed by atoms with Crippen molar-refractivity contribution >= 4 is 17.9 Å². The Bertz CT molecular complexity index is 817. The molecule has 0 fully saturated rings. The van der Waals surface area contributed by atoms with Crippen molar-refractivity contribution in [1.29, 1.82) is 0 Å². The molecule has 0 aliphatic carbocycles. The molecule has 3 aromatic rings. The molecule has 4 heteroatoms. The van der Waals surface area contributed by atoms with Crippen molar-refractivity contribution in [3.63, 3.8) is 0 Å². The lowest BCUT2D eigenvalue weighted by molar-refractivity contribution is -0.111. The Hall–Kier alpha value is -3.14. The summed E-state index contributed by atoms with van der Waals surface area (Å²) < 4.78 is 1.75. The topological polar surface area (TPSA) is 46.9 Å². The molecule has 0 aliphatic heterocycles. The zero-order valence-electron chi connectivity index (χ0n) is 12.8. The van der Waals surface area contributed by atoms with Crippen LogP contribution in [0.25, 0.3) is 17.2 Å². The predicted octanol–water partition coefficient (Wildman–Crippen LogP) is 3.74. The number of carbonyl (C=O) groups is 1. The summed E-state index contributed by atoms with van der Waals surface area (Å²) in [6, 6.07) is 18.3. The average molecular weight is 303 g/mol. The van der Waals surface area contributed by atoms with Gasteiger partial charge in [0.15, 0.2) is 0 Å². The molecule has 23 heavy (non-hydrogen) atoms. The summed E-state index contributed by atoms with van der Waals surface area (Å²) in [5, 5.41) is 2.72. The van der Waals surface area contributed by atoms with E-state index in [1.54, 1.807) is 23.0 Å². The standard InChI is InChI=1S/C19H17N3O/c1-22-14-13-20-19(22)21-18(23)12-9-15-7-10-17(11-8-15)16-5-3-2-4-6-16/h2-14H,1H3,(H,20,21,23)/b12-9+. The van der Waals surface area contributed by atoms with Crippen LogP contribution < -0.4 is 5.32 Å². The smallest absolute Gasteiger partial charge is 0.250 e. The van der Waals surface area contributed by atoms with Gasteiger partial charge < -0.3 is 4.57 Å². The number of amides is 1. The minimum absolute atomic E-state index is 0.202. The highest BCUT2D eigenvalue weighted by Gasteiger charge is 2.02. The minimum Gasteiger partial charge on any atom is -0.320 e. The van der Waals surface area contributed by atoms with E-state index >= 15 is 0 Å². The molecule has 0 bridgehead atoms. The Kier molecular flexibility index (Phi) is 4.34. The van der Waals surface area contributed by atoms with E-state index in [2.05, 4.69) is 22.4 Å². The highest BCUT2D eigenvalue weighted by Crippen LogP contribution is 2.19. The van der Waals surface area contributed by atoms with E-state index in [0.717, 1.165) is 11.1 Å². The van der Waals surface area contributed by atoms with Crippen LogP contribution in [0.15, 0.2) is 73.1 Å². The van der Waals surface area contributed by atoms with Gasteiger partial charge in [-0.2, -0.15) is 0 Å². The zero-order chi connectivity index (χ0) is 16.1. The number of hydrogen-bond donors (Lipinski definition) is 1. The number of benzene rings is 2. The number of carbonyl (C=O) groups excluding carboxylic acids is 1. The summed E-state index contributed by atoms with van der Waals surface area (Å²) in [5.41, 5.74) is 3.30. The lowest BCUT2D eigenvalue weighted by atomic mass is 10.0. The van der Waals surface area contributed by atoms with Gasteiger partial charge in [-0.1, -0.05) is 54.6 Å². The summed E-state index contributed by atoms with van der Waals surface area (Å²) in [6.45, 7) is 0. The van der Waals surface area contributed by atoms with Gasteiger partial charge in [-0.15, -0.1) is 0 Å². The van der Waals surface area contributed by atoms with Crippen LogP contribution in [0.1, 0.15) is 5.56 Å². The molecule has 0 unspecified atom stereocenters. The Morgan fingerprint density at radius 3 is 2.39 bits per heavy atom. The number of hydrogen-bond acceptors (Lipinski definition) is 2. The van der Waals surface area contributed by atoms with Crippen LogP contribution in [0.3, 0.4) is 0 Å². The van der Waals surface area contributed by atoms with E-state index in [0.29, 0.717) is 5.95 Å². The maximum atomic E-state index is 11.9. The Labute approximate surface area is 135 Å². The third-order valence-corrected chi connectivity index (χ3v) is 3.50. The number of imidazole rings is 1. The molecule has 0 saturated heterocycles. The molecule has 0 saturated carbocycles. The van der Waals surface area contributed by atoms with Crippen molar-refractivity contribution in [3.05, 3.63) is 78.6 Å². The molecule has 4 nitrogen and oxygen atoms in total. The van der Waals surface area contributed by atoms with Crippen molar-refractivity contribution in [1.82, 2.24) is 9.55 Å². The van der Waals surface area contributed by atoms with Gasteiger partial charge >= 0.3 is 0 Å². The molecule has 0 spiro atoms. The van der Waals surface area contributed by atoms with Crippen LogP contribution in [-0.4, -0.2) is 15.5 Å². The van der Waals surface area contributed by atoms with Gasteiger partial charge in [0.05, 0.1) is 0 Å². The summed E-state index contributed by atoms with van der Waals surface area (Å²) >= 11 is 0. The van der Waals surface area contributed by atoms with Crippen molar-refractivity contribution < 1.29 is 4.79 Å². The molecule has 2 aromatic carbocycles. The fourth-order valence-corrected chi connectivity index (χ4v) is 2.23. The summed E-state index contributed by atoms with van der Waals surface area (Å²) in [6.07, 6.45) is 6.71. The van der Waals surface area contributed by atoms with E-state index in [4.69, 9.17) is 0 Å². The molecular formula is C19H17N3O. The van der Waals surface area contributed by atoms with E-state index < -0.39 is 0 Å². The fourth-order valence-electron chi connectivity index (χ4n) is 2.23. The third-order valence-electron chi connectivity index (χ3n) is 3.50. The Morgan fingerprint density at radius 2 is 1.74 bits per heavy atom. The van der Waals surface area contributed by atoms with Crippen LogP contribution in [0.5, 0.6) is 0 Å². The number of aryl methyl sites for hydroxylation is 1. The second-order valence-corrected chi connectivity index (χ2v) is 5.17. The van der Waals surface area contributed by atoms with E-state index in [1.807, 2.05) is 49.5 Å². The summed E-state index contributed by atoms with van der Waals surface area (Å²) in [5.74, 6) is 0.325. The highest BCUT2D eigenvalue weighted by molar-refractivity contribution is 6.01. The third kappa shape index (κ3) is 3.74. The molecular weight excluding hydrogens is 286 g/mol. The first kappa shape index (κ1) is 14.8. The molecule has 0 radical (unpaired) electrons. The quantitative estimate of drug-likeness (QED) is 0.746. The van der Waals surface area contributed by atoms with Crippen LogP contribution in [0, 0.1) is 0 Å². The highest BCUT2D eigenvalue weighted by atomic mass is 16.1. The average Bonchev–Trinajstić information content (AvgIpc) is 2.99. The number of anilines is 1. The first-order chi connectivity index (χ1) is 11.2. The van der Waals surface area contributed by atoms with Gasteiger partial charge in [-0.3, -0.25) is 10.1 Å². The normalized spacial score (nSPS) is 10.8. The summed E-state index contributed by atoms with van der Waals surface area (Å²) in [4.78, 5) is 15.9. The lowest BCUT2D eigenvalue weighted by Crippen LogP contribution is -2.11. The first-order valence-corrected chi connectivity index (χ1v) is 7.34. The lowest BCUT2D eigenvalue weighted by Gasteiger charge is -2.02. The van der Waals surface area contributed by atoms with Gasteiger partial charge in [-0.05, 0) is 22.8 Å². The van der Waals surface area contributed by atoms with Crippen LogP contribution in [-0.2, 0) is 11.8 Å². The van der Waals surface area contributed by atoms with Crippen LogP contribution >= 0.6 is 0 Å². The van der Waals surface area contributed by atoms with E-state index in [1.165, 1.54) is 11.6 Å². The number of aromatic nitrogens is 2. The van der Waals surface area contributed by atoms with E-state index in [9.17, 15) is 4.79 Å². The molecule has 0 atom stereocenters. The summed E-state index contributed by atoms with van der Waals surface area (Å²) in [7, 11) is 1.83. The molecule has 114 valence electrons. The van der Waals surface area contributed by atoms with Gasteiger partial charge in [0.2, 0.25) is 5.95 Å². The zero-order valence-corrected chi connectivity index (χ0v) is 12.8. The molecule has 0 aliphatic rings. The molecule has 1 amide bonds. The minimum atomic E-state index is -0.202. The molecule has 1 N–H and O–H groups in total.